The third kappa shape index (κ3) is 4.08. The molecule has 1 amide bonds. The number of halogens is 2. The van der Waals surface area contributed by atoms with E-state index in [2.05, 4.69) is 15.2 Å². The van der Waals surface area contributed by atoms with Crippen LogP contribution in [0, 0.1) is 11.6 Å². The zero-order chi connectivity index (χ0) is 18.5. The highest BCUT2D eigenvalue weighted by molar-refractivity contribution is 7.99. The first-order valence-corrected chi connectivity index (χ1v) is 8.93. The third-order valence-electron chi connectivity index (χ3n) is 3.67. The highest BCUT2D eigenvalue weighted by Gasteiger charge is 2.16. The van der Waals surface area contributed by atoms with Crippen LogP contribution in [0.5, 0.6) is 0 Å². The molecule has 0 atom stereocenters. The highest BCUT2D eigenvalue weighted by Crippen LogP contribution is 2.22. The van der Waals surface area contributed by atoms with Crippen LogP contribution >= 0.6 is 11.8 Å². The van der Waals surface area contributed by atoms with Gasteiger partial charge in [0.1, 0.15) is 11.6 Å². The van der Waals surface area contributed by atoms with Crippen molar-refractivity contribution in [1.82, 2.24) is 15.2 Å². The maximum Gasteiger partial charge on any atom is 0.237 e. The smallest absolute Gasteiger partial charge is 0.237 e. The molecule has 0 aliphatic heterocycles. The van der Waals surface area contributed by atoms with Gasteiger partial charge in [-0.2, -0.15) is 0 Å². The number of benzene rings is 2. The second-order valence-corrected chi connectivity index (χ2v) is 6.29. The normalized spacial score (nSPS) is 10.7. The van der Waals surface area contributed by atoms with Gasteiger partial charge in [0, 0.05) is 12.2 Å². The van der Waals surface area contributed by atoms with Crippen LogP contribution in [0.1, 0.15) is 6.92 Å². The maximum atomic E-state index is 13.8. The van der Waals surface area contributed by atoms with Crippen molar-refractivity contribution in [2.75, 3.05) is 17.2 Å². The molecule has 134 valence electrons. The minimum absolute atomic E-state index is 0.111. The van der Waals surface area contributed by atoms with Gasteiger partial charge in [0.2, 0.25) is 11.1 Å². The van der Waals surface area contributed by atoms with Crippen molar-refractivity contribution in [3.8, 4) is 11.4 Å². The summed E-state index contributed by atoms with van der Waals surface area (Å²) in [5.41, 5.74) is 0.946. The molecule has 0 aliphatic carbocycles. The molecule has 0 bridgehead atoms. The number of anilines is 1. The summed E-state index contributed by atoms with van der Waals surface area (Å²) >= 11 is 1.15. The number of hydrogen-bond acceptors (Lipinski definition) is 4. The van der Waals surface area contributed by atoms with Crippen LogP contribution in [0.2, 0.25) is 0 Å². The quantitative estimate of drug-likeness (QED) is 0.665. The Hall–Kier alpha value is -2.74. The molecule has 0 aliphatic rings. The molecule has 26 heavy (non-hydrogen) atoms. The molecular formula is C18H16F2N4OS. The minimum atomic E-state index is -0.398. The van der Waals surface area contributed by atoms with Crippen molar-refractivity contribution in [1.29, 1.82) is 0 Å². The summed E-state index contributed by atoms with van der Waals surface area (Å²) in [5, 5.41) is 7.05. The van der Waals surface area contributed by atoms with Gasteiger partial charge < -0.3 is 4.90 Å². The molecule has 0 fully saturated rings. The monoisotopic (exact) mass is 374 g/mol. The van der Waals surface area contributed by atoms with E-state index in [0.717, 1.165) is 11.8 Å². The number of rotatable bonds is 6. The zero-order valence-corrected chi connectivity index (χ0v) is 14.8. The van der Waals surface area contributed by atoms with Gasteiger partial charge in [0.25, 0.3) is 0 Å². The molecule has 0 saturated heterocycles. The molecular weight excluding hydrogens is 358 g/mol. The Labute approximate surface area is 153 Å². The van der Waals surface area contributed by atoms with Gasteiger partial charge in [-0.05, 0) is 43.3 Å². The van der Waals surface area contributed by atoms with Crippen molar-refractivity contribution < 1.29 is 13.6 Å². The summed E-state index contributed by atoms with van der Waals surface area (Å²) < 4.78 is 26.8. The van der Waals surface area contributed by atoms with Gasteiger partial charge in [-0.15, -0.1) is 5.10 Å². The predicted octanol–water partition coefficient (Wildman–Crippen LogP) is 3.90. The van der Waals surface area contributed by atoms with Gasteiger partial charge in [0.05, 0.1) is 11.3 Å². The number of thioether (sulfide) groups is 1. The van der Waals surface area contributed by atoms with E-state index in [0.29, 0.717) is 28.8 Å². The molecule has 0 spiro atoms. The molecule has 1 heterocycles. The molecule has 1 N–H and O–H groups in total. The van der Waals surface area contributed by atoms with Crippen molar-refractivity contribution in [3.05, 3.63) is 60.2 Å². The minimum Gasteiger partial charge on any atom is -0.312 e. The fourth-order valence-corrected chi connectivity index (χ4v) is 3.09. The lowest BCUT2D eigenvalue weighted by Gasteiger charge is -2.20. The molecule has 0 radical (unpaired) electrons. The maximum absolute atomic E-state index is 13.8. The van der Waals surface area contributed by atoms with Crippen molar-refractivity contribution in [3.63, 3.8) is 0 Å². The van der Waals surface area contributed by atoms with Crippen LogP contribution in [0.15, 0.2) is 53.7 Å². The van der Waals surface area contributed by atoms with Gasteiger partial charge in [-0.1, -0.05) is 23.9 Å². The Morgan fingerprint density at radius 3 is 2.58 bits per heavy atom. The molecule has 0 unspecified atom stereocenters. The van der Waals surface area contributed by atoms with E-state index in [1.165, 1.54) is 18.2 Å². The fourth-order valence-electron chi connectivity index (χ4n) is 2.41. The van der Waals surface area contributed by atoms with E-state index in [9.17, 15) is 13.6 Å². The van der Waals surface area contributed by atoms with E-state index >= 15 is 0 Å². The fraction of sp³-hybridized carbons (Fsp3) is 0.167. The lowest BCUT2D eigenvalue weighted by molar-refractivity contribution is -0.116. The van der Waals surface area contributed by atoms with Crippen LogP contribution in [0.3, 0.4) is 0 Å². The summed E-state index contributed by atoms with van der Waals surface area (Å²) in [4.78, 5) is 18.2. The number of amides is 1. The van der Waals surface area contributed by atoms with Crippen LogP contribution < -0.4 is 4.90 Å². The largest absolute Gasteiger partial charge is 0.312 e. The number of nitrogens with zero attached hydrogens (tertiary/aromatic N) is 3. The van der Waals surface area contributed by atoms with Crippen LogP contribution in [-0.4, -0.2) is 33.4 Å². The van der Waals surface area contributed by atoms with E-state index in [4.69, 9.17) is 0 Å². The summed E-state index contributed by atoms with van der Waals surface area (Å²) in [6, 6.07) is 12.0. The standard InChI is InChI=1S/C18H16F2N4OS/c1-2-24(13-9-7-12(19)8-10-13)16(25)11-26-18-21-17(22-23-18)14-5-3-4-6-15(14)20/h3-10H,2,11H2,1H3,(H,21,22,23). The molecule has 1 aromatic heterocycles. The van der Waals surface area contributed by atoms with Gasteiger partial charge in [0.15, 0.2) is 5.82 Å². The Balaban J connectivity index is 1.66. The second-order valence-electron chi connectivity index (χ2n) is 5.35. The first-order valence-electron chi connectivity index (χ1n) is 7.94. The Kier molecular flexibility index (Phi) is 5.62. The van der Waals surface area contributed by atoms with E-state index in [1.54, 1.807) is 35.2 Å². The molecule has 0 saturated carbocycles. The lowest BCUT2D eigenvalue weighted by Crippen LogP contribution is -2.32. The molecule has 8 heteroatoms. The Morgan fingerprint density at radius 2 is 1.88 bits per heavy atom. The zero-order valence-electron chi connectivity index (χ0n) is 13.9. The Morgan fingerprint density at radius 1 is 1.15 bits per heavy atom. The van der Waals surface area contributed by atoms with Gasteiger partial charge in [-0.25, -0.2) is 13.8 Å². The van der Waals surface area contributed by atoms with Crippen molar-refractivity contribution in [2.24, 2.45) is 0 Å². The van der Waals surface area contributed by atoms with Crippen LogP contribution in [-0.2, 0) is 4.79 Å². The highest BCUT2D eigenvalue weighted by atomic mass is 32.2. The number of nitrogens with one attached hydrogen (secondary N) is 1. The molecule has 3 aromatic rings. The molecule has 3 rings (SSSR count). The van der Waals surface area contributed by atoms with Gasteiger partial charge >= 0.3 is 0 Å². The number of H-pyrrole nitrogens is 1. The summed E-state index contributed by atoms with van der Waals surface area (Å²) in [5.74, 6) is -0.484. The van der Waals surface area contributed by atoms with Crippen molar-refractivity contribution >= 4 is 23.4 Å². The first kappa shape index (κ1) is 18.1. The van der Waals surface area contributed by atoms with Crippen LogP contribution in [0.4, 0.5) is 14.5 Å². The van der Waals surface area contributed by atoms with Crippen molar-refractivity contribution in [2.45, 2.75) is 12.1 Å². The van der Waals surface area contributed by atoms with E-state index < -0.39 is 5.82 Å². The third-order valence-corrected chi connectivity index (χ3v) is 4.51. The number of aromatic amines is 1. The number of hydrogen-bond donors (Lipinski definition) is 1. The molecule has 5 nitrogen and oxygen atoms in total. The lowest BCUT2D eigenvalue weighted by atomic mass is 10.2. The van der Waals surface area contributed by atoms with E-state index in [-0.39, 0.29) is 17.5 Å². The average molecular weight is 374 g/mol. The first-order chi connectivity index (χ1) is 12.6. The Bertz CT molecular complexity index is 898. The summed E-state index contributed by atoms with van der Waals surface area (Å²) in [7, 11) is 0. The second kappa shape index (κ2) is 8.09. The SMILES string of the molecule is CCN(C(=O)CSc1n[nH]c(-c2ccccc2F)n1)c1ccc(F)cc1. The molecule has 2 aromatic carbocycles. The van der Waals surface area contributed by atoms with Crippen LogP contribution in [0.25, 0.3) is 11.4 Å². The number of carbonyl (C=O) groups is 1. The number of aromatic nitrogens is 3. The predicted molar refractivity (Wildman–Crippen MR) is 96.9 cm³/mol. The topological polar surface area (TPSA) is 61.9 Å². The summed E-state index contributed by atoms with van der Waals surface area (Å²) in [6.45, 7) is 2.30. The average Bonchev–Trinajstić information content (AvgIpc) is 3.11. The van der Waals surface area contributed by atoms with Gasteiger partial charge in [-0.3, -0.25) is 9.89 Å². The number of carbonyl (C=O) groups excluding carboxylic acids is 1. The van der Waals surface area contributed by atoms with E-state index in [1.807, 2.05) is 6.92 Å². The summed E-state index contributed by atoms with van der Waals surface area (Å²) in [6.07, 6.45) is 0.